The van der Waals surface area contributed by atoms with Crippen molar-refractivity contribution in [3.05, 3.63) is 0 Å². The highest BCUT2D eigenvalue weighted by Crippen LogP contribution is 2.26. The van der Waals surface area contributed by atoms with E-state index in [0.717, 1.165) is 4.90 Å². The Bertz CT molecular complexity index is 260. The van der Waals surface area contributed by atoms with Crippen LogP contribution in [0.3, 0.4) is 0 Å². The van der Waals surface area contributed by atoms with Crippen LogP contribution >= 0.6 is 0 Å². The molecule has 0 aromatic rings. The molecule has 1 aliphatic heterocycles. The third-order valence-electron chi connectivity index (χ3n) is 2.59. The molecule has 1 unspecified atom stereocenters. The number of hydrogen-bond acceptors (Lipinski definition) is 4. The number of amides is 2. The summed E-state index contributed by atoms with van der Waals surface area (Å²) < 4.78 is 0. The molecule has 1 atom stereocenters. The van der Waals surface area contributed by atoms with Gasteiger partial charge in [0.2, 0.25) is 11.8 Å². The van der Waals surface area contributed by atoms with E-state index >= 15 is 0 Å². The van der Waals surface area contributed by atoms with E-state index in [1.165, 1.54) is 6.92 Å². The Kier molecular flexibility index (Phi) is 2.92. The molecule has 0 aromatic heterocycles. The molecule has 0 saturated carbocycles. The van der Waals surface area contributed by atoms with Gasteiger partial charge in [-0.05, 0) is 6.92 Å². The first-order valence-corrected chi connectivity index (χ1v) is 4.55. The van der Waals surface area contributed by atoms with Crippen molar-refractivity contribution < 1.29 is 19.8 Å². The molecule has 1 fully saturated rings. The van der Waals surface area contributed by atoms with Crippen LogP contribution in [0.5, 0.6) is 0 Å². The van der Waals surface area contributed by atoms with Gasteiger partial charge in [-0.2, -0.15) is 0 Å². The Labute approximate surface area is 82.3 Å². The van der Waals surface area contributed by atoms with E-state index in [4.69, 9.17) is 10.2 Å². The van der Waals surface area contributed by atoms with Gasteiger partial charge in [-0.3, -0.25) is 14.5 Å². The van der Waals surface area contributed by atoms with Gasteiger partial charge < -0.3 is 10.2 Å². The smallest absolute Gasteiger partial charge is 0.233 e. The van der Waals surface area contributed by atoms with Gasteiger partial charge in [-0.1, -0.05) is 6.92 Å². The molecule has 1 rings (SSSR count). The SMILES string of the molecule is CC1CC(=O)N(C(C)(CO)CO)C1=O. The Morgan fingerprint density at radius 1 is 1.43 bits per heavy atom. The normalized spacial score (nSPS) is 23.4. The number of aliphatic hydroxyl groups is 2. The highest BCUT2D eigenvalue weighted by molar-refractivity contribution is 6.04. The monoisotopic (exact) mass is 201 g/mol. The van der Waals surface area contributed by atoms with Gasteiger partial charge in [-0.25, -0.2) is 0 Å². The standard InChI is InChI=1S/C9H15NO4/c1-6-3-7(13)10(8(6)14)9(2,4-11)5-12/h6,11-12H,3-5H2,1-2H3. The molecule has 0 radical (unpaired) electrons. The van der Waals surface area contributed by atoms with Gasteiger partial charge in [0, 0.05) is 12.3 Å². The zero-order valence-electron chi connectivity index (χ0n) is 8.36. The number of rotatable bonds is 3. The van der Waals surface area contributed by atoms with Crippen LogP contribution < -0.4 is 0 Å². The summed E-state index contributed by atoms with van der Waals surface area (Å²) in [5.41, 5.74) is -1.17. The molecular weight excluding hydrogens is 186 g/mol. The van der Waals surface area contributed by atoms with E-state index in [2.05, 4.69) is 0 Å². The second kappa shape index (κ2) is 3.67. The molecule has 0 bridgehead atoms. The Morgan fingerprint density at radius 2 is 1.93 bits per heavy atom. The molecule has 5 nitrogen and oxygen atoms in total. The molecule has 1 saturated heterocycles. The molecule has 0 spiro atoms. The van der Waals surface area contributed by atoms with Gasteiger partial charge in [0.1, 0.15) is 0 Å². The number of carbonyl (C=O) groups excluding carboxylic acids is 2. The van der Waals surface area contributed by atoms with E-state index in [0.29, 0.717) is 0 Å². The maximum Gasteiger partial charge on any atom is 0.233 e. The van der Waals surface area contributed by atoms with E-state index in [1.54, 1.807) is 6.92 Å². The topological polar surface area (TPSA) is 77.8 Å². The van der Waals surface area contributed by atoms with Crippen LogP contribution in [0.25, 0.3) is 0 Å². The van der Waals surface area contributed by atoms with Crippen LogP contribution in [0.4, 0.5) is 0 Å². The van der Waals surface area contributed by atoms with Crippen LogP contribution in [0.2, 0.25) is 0 Å². The van der Waals surface area contributed by atoms with Crippen LogP contribution in [-0.2, 0) is 9.59 Å². The zero-order valence-corrected chi connectivity index (χ0v) is 8.36. The van der Waals surface area contributed by atoms with Crippen molar-refractivity contribution >= 4 is 11.8 Å². The lowest BCUT2D eigenvalue weighted by Gasteiger charge is -2.34. The van der Waals surface area contributed by atoms with Gasteiger partial charge in [0.05, 0.1) is 18.8 Å². The minimum absolute atomic E-state index is 0.161. The van der Waals surface area contributed by atoms with Gasteiger partial charge >= 0.3 is 0 Å². The highest BCUT2D eigenvalue weighted by Gasteiger charge is 2.45. The lowest BCUT2D eigenvalue weighted by Crippen LogP contribution is -2.54. The minimum atomic E-state index is -1.17. The molecule has 1 heterocycles. The maximum atomic E-state index is 11.6. The lowest BCUT2D eigenvalue weighted by molar-refractivity contribution is -0.150. The maximum absolute atomic E-state index is 11.6. The number of nitrogens with zero attached hydrogens (tertiary/aromatic N) is 1. The summed E-state index contributed by atoms with van der Waals surface area (Å²) in [7, 11) is 0. The minimum Gasteiger partial charge on any atom is -0.394 e. The van der Waals surface area contributed by atoms with Gasteiger partial charge in [0.15, 0.2) is 0 Å². The molecule has 5 heteroatoms. The van der Waals surface area contributed by atoms with Crippen molar-refractivity contribution in [2.24, 2.45) is 5.92 Å². The molecule has 0 aliphatic carbocycles. The van der Waals surface area contributed by atoms with Gasteiger partial charge in [0.25, 0.3) is 0 Å². The van der Waals surface area contributed by atoms with Crippen molar-refractivity contribution in [2.75, 3.05) is 13.2 Å². The molecule has 2 amide bonds. The molecular formula is C9H15NO4. The van der Waals surface area contributed by atoms with Crippen LogP contribution in [0.15, 0.2) is 0 Å². The fourth-order valence-electron chi connectivity index (χ4n) is 1.54. The quantitative estimate of drug-likeness (QED) is 0.581. The van der Waals surface area contributed by atoms with E-state index in [-0.39, 0.29) is 24.2 Å². The van der Waals surface area contributed by atoms with Crippen molar-refractivity contribution in [3.63, 3.8) is 0 Å². The first-order chi connectivity index (χ1) is 6.46. The largest absolute Gasteiger partial charge is 0.394 e. The fourth-order valence-corrected chi connectivity index (χ4v) is 1.54. The van der Waals surface area contributed by atoms with E-state index in [1.807, 2.05) is 0 Å². The summed E-state index contributed by atoms with van der Waals surface area (Å²) in [6.07, 6.45) is 0.161. The third kappa shape index (κ3) is 1.53. The van der Waals surface area contributed by atoms with Crippen LogP contribution in [0, 0.1) is 5.92 Å². The van der Waals surface area contributed by atoms with Crippen molar-refractivity contribution in [1.29, 1.82) is 0 Å². The fraction of sp³-hybridized carbons (Fsp3) is 0.778. The summed E-state index contributed by atoms with van der Waals surface area (Å²) in [6.45, 7) is 2.30. The van der Waals surface area contributed by atoms with Gasteiger partial charge in [-0.15, -0.1) is 0 Å². The first-order valence-electron chi connectivity index (χ1n) is 4.55. The highest BCUT2D eigenvalue weighted by atomic mass is 16.3. The molecule has 1 aliphatic rings. The lowest BCUT2D eigenvalue weighted by atomic mass is 10.0. The number of likely N-dealkylation sites (tertiary alicyclic amines) is 1. The molecule has 2 N–H and O–H groups in total. The number of aliphatic hydroxyl groups excluding tert-OH is 2. The van der Waals surface area contributed by atoms with Crippen molar-refractivity contribution in [3.8, 4) is 0 Å². The van der Waals surface area contributed by atoms with E-state index in [9.17, 15) is 9.59 Å². The molecule has 14 heavy (non-hydrogen) atoms. The Balaban J connectivity index is 2.96. The summed E-state index contributed by atoms with van der Waals surface area (Å²) in [4.78, 5) is 24.0. The number of hydrogen-bond donors (Lipinski definition) is 2. The Morgan fingerprint density at radius 3 is 2.21 bits per heavy atom. The van der Waals surface area contributed by atoms with Crippen molar-refractivity contribution in [2.45, 2.75) is 25.8 Å². The second-order valence-electron chi connectivity index (χ2n) is 3.99. The Hall–Kier alpha value is -0.940. The summed E-state index contributed by atoms with van der Waals surface area (Å²) in [5.74, 6) is -0.992. The molecule has 0 aromatic carbocycles. The average Bonchev–Trinajstić information content (AvgIpc) is 2.41. The molecule has 80 valence electrons. The van der Waals surface area contributed by atoms with Crippen LogP contribution in [0.1, 0.15) is 20.3 Å². The third-order valence-corrected chi connectivity index (χ3v) is 2.59. The number of carbonyl (C=O) groups is 2. The second-order valence-corrected chi connectivity index (χ2v) is 3.99. The average molecular weight is 201 g/mol. The summed E-state index contributed by atoms with van der Waals surface area (Å²) >= 11 is 0. The van der Waals surface area contributed by atoms with Crippen LogP contribution in [-0.4, -0.2) is 45.7 Å². The van der Waals surface area contributed by atoms with Crippen molar-refractivity contribution in [1.82, 2.24) is 4.90 Å². The number of imide groups is 1. The zero-order chi connectivity index (χ0) is 10.9. The predicted molar refractivity (Wildman–Crippen MR) is 48.2 cm³/mol. The summed E-state index contributed by atoms with van der Waals surface area (Å²) in [6, 6.07) is 0. The van der Waals surface area contributed by atoms with E-state index < -0.39 is 18.8 Å². The summed E-state index contributed by atoms with van der Waals surface area (Å²) in [5, 5.41) is 18.1. The predicted octanol–water partition coefficient (Wildman–Crippen LogP) is -0.875. The first kappa shape index (κ1) is 11.1.